The second-order valence-electron chi connectivity index (χ2n) is 4.92. The average Bonchev–Trinajstić information content (AvgIpc) is 2.60. The molecule has 5 nitrogen and oxygen atoms in total. The Balaban J connectivity index is 1.96. The fraction of sp³-hybridized carbons (Fsp3) is 0.222. The number of amides is 1. The molecule has 0 aliphatic carbocycles. The van der Waals surface area contributed by atoms with Gasteiger partial charge in [-0.15, -0.1) is 0 Å². The molecule has 0 radical (unpaired) electrons. The molecule has 1 amide bonds. The normalized spacial score (nSPS) is 10.1. The Morgan fingerprint density at radius 3 is 2.54 bits per heavy atom. The summed E-state index contributed by atoms with van der Waals surface area (Å²) >= 11 is 3.29. The lowest BCUT2D eigenvalue weighted by atomic mass is 10.2. The number of rotatable bonds is 8. The van der Waals surface area contributed by atoms with Crippen molar-refractivity contribution >= 4 is 28.1 Å². The predicted octanol–water partition coefficient (Wildman–Crippen LogP) is 3.36. The van der Waals surface area contributed by atoms with Crippen LogP contribution in [-0.2, 0) is 11.3 Å². The second kappa shape index (κ2) is 9.08. The van der Waals surface area contributed by atoms with E-state index in [-0.39, 0.29) is 12.5 Å². The number of halogens is 1. The van der Waals surface area contributed by atoms with Crippen molar-refractivity contribution in [2.24, 2.45) is 0 Å². The lowest BCUT2D eigenvalue weighted by Crippen LogP contribution is -2.28. The Labute approximate surface area is 149 Å². The first-order chi connectivity index (χ1) is 11.6. The first-order valence-electron chi connectivity index (χ1n) is 7.49. The highest BCUT2D eigenvalue weighted by Crippen LogP contribution is 2.33. The van der Waals surface area contributed by atoms with Crippen molar-refractivity contribution in [1.29, 1.82) is 0 Å². The Morgan fingerprint density at radius 1 is 1.17 bits per heavy atom. The highest BCUT2D eigenvalue weighted by Gasteiger charge is 2.12. The van der Waals surface area contributed by atoms with E-state index in [9.17, 15) is 9.59 Å². The largest absolute Gasteiger partial charge is 0.490 e. The lowest BCUT2D eigenvalue weighted by Gasteiger charge is -2.13. The third kappa shape index (κ3) is 5.09. The Kier molecular flexibility index (Phi) is 6.81. The fourth-order valence-electron chi connectivity index (χ4n) is 2.01. The number of nitrogens with one attached hydrogen (secondary N) is 1. The SMILES string of the molecule is CCOc1cc(C=O)c(Br)cc1OCC(=O)NCc1ccccc1. The smallest absolute Gasteiger partial charge is 0.258 e. The molecular formula is C18H18BrNO4. The van der Waals surface area contributed by atoms with Gasteiger partial charge < -0.3 is 14.8 Å². The monoisotopic (exact) mass is 391 g/mol. The summed E-state index contributed by atoms with van der Waals surface area (Å²) in [6.07, 6.45) is 0.725. The first-order valence-corrected chi connectivity index (χ1v) is 8.28. The molecule has 0 aliphatic heterocycles. The first kappa shape index (κ1) is 18.0. The number of benzene rings is 2. The standard InChI is InChI=1S/C18H18BrNO4/c1-2-23-16-8-14(11-21)15(19)9-17(16)24-12-18(22)20-10-13-6-4-3-5-7-13/h3-9,11H,2,10,12H2,1H3,(H,20,22). The summed E-state index contributed by atoms with van der Waals surface area (Å²) in [6, 6.07) is 12.8. The molecule has 0 heterocycles. The Hall–Kier alpha value is -2.34. The van der Waals surface area contributed by atoms with E-state index < -0.39 is 0 Å². The maximum absolute atomic E-state index is 11.9. The van der Waals surface area contributed by atoms with Gasteiger partial charge >= 0.3 is 0 Å². The zero-order chi connectivity index (χ0) is 17.4. The summed E-state index contributed by atoms with van der Waals surface area (Å²) in [4.78, 5) is 22.9. The Bertz CT molecular complexity index is 704. The summed E-state index contributed by atoms with van der Waals surface area (Å²) in [6.45, 7) is 2.56. The maximum atomic E-state index is 11.9. The lowest BCUT2D eigenvalue weighted by molar-refractivity contribution is -0.123. The molecule has 2 aromatic rings. The minimum absolute atomic E-state index is 0.139. The van der Waals surface area contributed by atoms with Crippen LogP contribution in [0.4, 0.5) is 0 Å². The molecular weight excluding hydrogens is 374 g/mol. The molecule has 24 heavy (non-hydrogen) atoms. The van der Waals surface area contributed by atoms with Crippen LogP contribution >= 0.6 is 15.9 Å². The van der Waals surface area contributed by atoms with Crippen LogP contribution in [0.15, 0.2) is 46.9 Å². The van der Waals surface area contributed by atoms with Gasteiger partial charge in [0.15, 0.2) is 24.4 Å². The van der Waals surface area contributed by atoms with Crippen molar-refractivity contribution in [3.05, 3.63) is 58.1 Å². The molecule has 2 aromatic carbocycles. The number of aldehydes is 1. The van der Waals surface area contributed by atoms with Crippen LogP contribution in [0.25, 0.3) is 0 Å². The van der Waals surface area contributed by atoms with Crippen LogP contribution in [0.2, 0.25) is 0 Å². The zero-order valence-electron chi connectivity index (χ0n) is 13.3. The number of ether oxygens (including phenoxy) is 2. The molecule has 0 atom stereocenters. The molecule has 0 spiro atoms. The van der Waals surface area contributed by atoms with E-state index >= 15 is 0 Å². The average molecular weight is 392 g/mol. The summed E-state index contributed by atoms with van der Waals surface area (Å²) < 4.78 is 11.6. The van der Waals surface area contributed by atoms with E-state index in [0.29, 0.717) is 34.7 Å². The van der Waals surface area contributed by atoms with Gasteiger partial charge in [0.1, 0.15) is 0 Å². The van der Waals surface area contributed by atoms with Gasteiger partial charge in [0, 0.05) is 16.6 Å². The van der Waals surface area contributed by atoms with Crippen molar-refractivity contribution in [1.82, 2.24) is 5.32 Å². The third-order valence-electron chi connectivity index (χ3n) is 3.18. The van der Waals surface area contributed by atoms with Crippen molar-refractivity contribution in [3.8, 4) is 11.5 Å². The molecule has 0 saturated heterocycles. The molecule has 0 aliphatic rings. The van der Waals surface area contributed by atoms with Gasteiger partial charge in [-0.2, -0.15) is 0 Å². The van der Waals surface area contributed by atoms with Gasteiger partial charge in [0.05, 0.1) is 6.61 Å². The summed E-state index contributed by atoms with van der Waals surface area (Å²) in [5.74, 6) is 0.597. The predicted molar refractivity (Wildman–Crippen MR) is 94.5 cm³/mol. The molecule has 0 saturated carbocycles. The molecule has 0 unspecified atom stereocenters. The van der Waals surface area contributed by atoms with Crippen LogP contribution in [0, 0.1) is 0 Å². The molecule has 2 rings (SSSR count). The number of carbonyl (C=O) groups excluding carboxylic acids is 2. The highest BCUT2D eigenvalue weighted by atomic mass is 79.9. The molecule has 1 N–H and O–H groups in total. The zero-order valence-corrected chi connectivity index (χ0v) is 14.8. The van der Waals surface area contributed by atoms with E-state index in [1.54, 1.807) is 12.1 Å². The number of hydrogen-bond acceptors (Lipinski definition) is 4. The topological polar surface area (TPSA) is 64.6 Å². The molecule has 0 aromatic heterocycles. The van der Waals surface area contributed by atoms with Crippen LogP contribution < -0.4 is 14.8 Å². The number of hydrogen-bond donors (Lipinski definition) is 1. The third-order valence-corrected chi connectivity index (χ3v) is 3.87. The molecule has 0 bridgehead atoms. The van der Waals surface area contributed by atoms with Crippen LogP contribution in [0.5, 0.6) is 11.5 Å². The molecule has 6 heteroatoms. The quantitative estimate of drug-likeness (QED) is 0.700. The van der Waals surface area contributed by atoms with Gasteiger partial charge in [0.25, 0.3) is 5.91 Å². The van der Waals surface area contributed by atoms with Crippen molar-refractivity contribution in [2.45, 2.75) is 13.5 Å². The van der Waals surface area contributed by atoms with Crippen LogP contribution in [0.3, 0.4) is 0 Å². The summed E-state index contributed by atoms with van der Waals surface area (Å²) in [7, 11) is 0. The minimum Gasteiger partial charge on any atom is -0.490 e. The van der Waals surface area contributed by atoms with E-state index in [4.69, 9.17) is 9.47 Å². The second-order valence-corrected chi connectivity index (χ2v) is 5.78. The molecule has 126 valence electrons. The fourth-order valence-corrected chi connectivity index (χ4v) is 2.43. The van der Waals surface area contributed by atoms with Crippen molar-refractivity contribution in [3.63, 3.8) is 0 Å². The van der Waals surface area contributed by atoms with Gasteiger partial charge in [0.2, 0.25) is 0 Å². The minimum atomic E-state index is -0.239. The maximum Gasteiger partial charge on any atom is 0.258 e. The van der Waals surface area contributed by atoms with Gasteiger partial charge in [-0.1, -0.05) is 30.3 Å². The van der Waals surface area contributed by atoms with E-state index in [1.807, 2.05) is 37.3 Å². The van der Waals surface area contributed by atoms with E-state index in [1.165, 1.54) is 0 Å². The van der Waals surface area contributed by atoms with Crippen LogP contribution in [-0.4, -0.2) is 25.4 Å². The number of carbonyl (C=O) groups is 2. The van der Waals surface area contributed by atoms with Crippen LogP contribution in [0.1, 0.15) is 22.8 Å². The van der Waals surface area contributed by atoms with E-state index in [0.717, 1.165) is 11.8 Å². The van der Waals surface area contributed by atoms with Gasteiger partial charge in [-0.05, 0) is 40.5 Å². The summed E-state index contributed by atoms with van der Waals surface area (Å²) in [5, 5.41) is 2.79. The van der Waals surface area contributed by atoms with Crippen molar-refractivity contribution < 1.29 is 19.1 Å². The van der Waals surface area contributed by atoms with Crippen molar-refractivity contribution in [2.75, 3.05) is 13.2 Å². The highest BCUT2D eigenvalue weighted by molar-refractivity contribution is 9.10. The summed E-state index contributed by atoms with van der Waals surface area (Å²) in [5.41, 5.74) is 1.47. The Morgan fingerprint density at radius 2 is 1.88 bits per heavy atom. The van der Waals surface area contributed by atoms with Gasteiger partial charge in [-0.25, -0.2) is 0 Å². The van der Waals surface area contributed by atoms with E-state index in [2.05, 4.69) is 21.2 Å². The van der Waals surface area contributed by atoms with Gasteiger partial charge in [-0.3, -0.25) is 9.59 Å². The molecule has 0 fully saturated rings.